The number of aryl methyl sites for hydroxylation is 1. The summed E-state index contributed by atoms with van der Waals surface area (Å²) < 4.78 is 0. The number of carbonyl (C=O) groups excluding carboxylic acids is 1. The lowest BCUT2D eigenvalue weighted by molar-refractivity contribution is 0.102. The zero-order valence-electron chi connectivity index (χ0n) is 11.6. The van der Waals surface area contributed by atoms with Gasteiger partial charge in [0.05, 0.1) is 6.61 Å². The van der Waals surface area contributed by atoms with Crippen molar-refractivity contribution in [1.82, 2.24) is 9.97 Å². The number of amides is 1. The van der Waals surface area contributed by atoms with Crippen LogP contribution in [0.5, 0.6) is 0 Å². The largest absolute Gasteiger partial charge is 0.395 e. The van der Waals surface area contributed by atoms with Crippen molar-refractivity contribution in [2.45, 2.75) is 13.3 Å². The van der Waals surface area contributed by atoms with Gasteiger partial charge in [-0.1, -0.05) is 17.9 Å². The first kappa shape index (κ1) is 14.7. The molecule has 0 atom stereocenters. The number of aromatic nitrogens is 2. The Hall–Kier alpha value is -2.71. The zero-order valence-corrected chi connectivity index (χ0v) is 11.6. The van der Waals surface area contributed by atoms with E-state index in [9.17, 15) is 4.79 Å². The minimum Gasteiger partial charge on any atom is -0.395 e. The van der Waals surface area contributed by atoms with Crippen LogP contribution in [0.3, 0.4) is 0 Å². The molecule has 0 aliphatic rings. The van der Waals surface area contributed by atoms with Gasteiger partial charge in [0.15, 0.2) is 0 Å². The Labute approximate surface area is 123 Å². The molecule has 21 heavy (non-hydrogen) atoms. The number of carbonyl (C=O) groups is 1. The van der Waals surface area contributed by atoms with Crippen LogP contribution in [-0.4, -0.2) is 27.6 Å². The molecule has 5 nitrogen and oxygen atoms in total. The number of nitrogens with zero attached hydrogens (tertiary/aromatic N) is 2. The van der Waals surface area contributed by atoms with Crippen LogP contribution < -0.4 is 5.32 Å². The molecule has 1 amide bonds. The van der Waals surface area contributed by atoms with E-state index in [1.807, 2.05) is 13.0 Å². The van der Waals surface area contributed by atoms with Crippen LogP contribution in [0, 0.1) is 18.8 Å². The van der Waals surface area contributed by atoms with Crippen molar-refractivity contribution in [3.8, 4) is 11.8 Å². The predicted molar refractivity (Wildman–Crippen MR) is 79.7 cm³/mol. The van der Waals surface area contributed by atoms with E-state index in [0.29, 0.717) is 23.5 Å². The molecule has 2 aromatic rings. The molecule has 0 aromatic carbocycles. The quantitative estimate of drug-likeness (QED) is 0.841. The van der Waals surface area contributed by atoms with Crippen molar-refractivity contribution >= 4 is 11.7 Å². The highest BCUT2D eigenvalue weighted by Gasteiger charge is 2.07. The summed E-state index contributed by atoms with van der Waals surface area (Å²) in [6, 6.07) is 6.93. The lowest BCUT2D eigenvalue weighted by Crippen LogP contribution is -2.14. The second-order valence-corrected chi connectivity index (χ2v) is 4.38. The van der Waals surface area contributed by atoms with Gasteiger partial charge in [0, 0.05) is 24.4 Å². The van der Waals surface area contributed by atoms with E-state index >= 15 is 0 Å². The maximum absolute atomic E-state index is 12.0. The molecule has 0 spiro atoms. The molecule has 0 bridgehead atoms. The molecule has 2 heterocycles. The van der Waals surface area contributed by atoms with Gasteiger partial charge in [-0.3, -0.25) is 4.79 Å². The average molecular weight is 281 g/mol. The van der Waals surface area contributed by atoms with Crippen molar-refractivity contribution in [2.75, 3.05) is 11.9 Å². The monoisotopic (exact) mass is 281 g/mol. The molecule has 106 valence electrons. The van der Waals surface area contributed by atoms with Crippen LogP contribution in [0.2, 0.25) is 0 Å². The predicted octanol–water partition coefficient (Wildman–Crippen LogP) is 1.77. The first-order chi connectivity index (χ1) is 10.2. The molecule has 2 N–H and O–H groups in total. The van der Waals surface area contributed by atoms with Gasteiger partial charge in [-0.05, 0) is 30.7 Å². The molecule has 0 aliphatic heterocycles. The molecule has 2 aromatic heterocycles. The molecule has 2 rings (SSSR count). The molecule has 0 saturated carbocycles. The topological polar surface area (TPSA) is 75.1 Å². The Morgan fingerprint density at radius 2 is 2.10 bits per heavy atom. The fraction of sp³-hybridized carbons (Fsp3) is 0.188. The van der Waals surface area contributed by atoms with E-state index in [2.05, 4.69) is 27.1 Å². The highest BCUT2D eigenvalue weighted by Crippen LogP contribution is 2.06. The van der Waals surface area contributed by atoms with Crippen LogP contribution in [-0.2, 0) is 0 Å². The second kappa shape index (κ2) is 7.17. The molecule has 0 radical (unpaired) electrons. The van der Waals surface area contributed by atoms with Gasteiger partial charge in [0.1, 0.15) is 11.5 Å². The van der Waals surface area contributed by atoms with Crippen LogP contribution in [0.25, 0.3) is 0 Å². The Bertz CT molecular complexity index is 667. The normalized spacial score (nSPS) is 9.62. The summed E-state index contributed by atoms with van der Waals surface area (Å²) >= 11 is 0. The van der Waals surface area contributed by atoms with E-state index in [4.69, 9.17) is 5.11 Å². The number of hydrogen-bond donors (Lipinski definition) is 2. The van der Waals surface area contributed by atoms with Gasteiger partial charge < -0.3 is 10.4 Å². The number of pyridine rings is 2. The van der Waals surface area contributed by atoms with Crippen LogP contribution >= 0.6 is 0 Å². The second-order valence-electron chi connectivity index (χ2n) is 4.38. The fourth-order valence-corrected chi connectivity index (χ4v) is 1.54. The van der Waals surface area contributed by atoms with Gasteiger partial charge in [-0.2, -0.15) is 0 Å². The molecular weight excluding hydrogens is 266 g/mol. The Morgan fingerprint density at radius 1 is 1.24 bits per heavy atom. The van der Waals surface area contributed by atoms with Crippen molar-refractivity contribution in [2.24, 2.45) is 0 Å². The summed E-state index contributed by atoms with van der Waals surface area (Å²) in [5.41, 5.74) is 2.02. The van der Waals surface area contributed by atoms with E-state index in [-0.39, 0.29) is 12.5 Å². The van der Waals surface area contributed by atoms with Crippen molar-refractivity contribution < 1.29 is 9.90 Å². The van der Waals surface area contributed by atoms with Gasteiger partial charge in [-0.25, -0.2) is 9.97 Å². The summed E-state index contributed by atoms with van der Waals surface area (Å²) in [5, 5.41) is 11.3. The number of aliphatic hydroxyl groups is 1. The first-order valence-electron chi connectivity index (χ1n) is 6.49. The molecule has 0 saturated heterocycles. The van der Waals surface area contributed by atoms with Gasteiger partial charge in [0.2, 0.25) is 0 Å². The van der Waals surface area contributed by atoms with Crippen LogP contribution in [0.4, 0.5) is 5.82 Å². The Morgan fingerprint density at radius 3 is 2.71 bits per heavy atom. The third-order valence-corrected chi connectivity index (χ3v) is 2.62. The maximum Gasteiger partial charge on any atom is 0.275 e. The number of aliphatic hydroxyl groups excluding tert-OH is 1. The van der Waals surface area contributed by atoms with Crippen LogP contribution in [0.15, 0.2) is 36.7 Å². The highest BCUT2D eigenvalue weighted by molar-refractivity contribution is 6.02. The summed E-state index contributed by atoms with van der Waals surface area (Å²) in [6.45, 7) is 1.96. The lowest BCUT2D eigenvalue weighted by atomic mass is 10.2. The number of anilines is 1. The SMILES string of the molecule is Cc1ccc(NC(=O)c2ccc(C#CCCO)cn2)nc1. The third kappa shape index (κ3) is 4.41. The number of rotatable bonds is 3. The minimum atomic E-state index is -0.318. The van der Waals surface area contributed by atoms with E-state index in [1.165, 1.54) is 6.20 Å². The smallest absolute Gasteiger partial charge is 0.275 e. The third-order valence-electron chi connectivity index (χ3n) is 2.62. The van der Waals surface area contributed by atoms with E-state index in [0.717, 1.165) is 5.56 Å². The van der Waals surface area contributed by atoms with Crippen molar-refractivity contribution in [3.05, 3.63) is 53.5 Å². The Kier molecular flexibility index (Phi) is 5.02. The lowest BCUT2D eigenvalue weighted by Gasteiger charge is -2.04. The number of hydrogen-bond acceptors (Lipinski definition) is 4. The van der Waals surface area contributed by atoms with Crippen molar-refractivity contribution in [3.63, 3.8) is 0 Å². The van der Waals surface area contributed by atoms with E-state index < -0.39 is 0 Å². The molecular formula is C16H15N3O2. The molecule has 0 unspecified atom stereocenters. The standard InChI is InChI=1S/C16H15N3O2/c1-12-5-8-15(18-10-12)19-16(21)14-7-6-13(11-17-14)4-2-3-9-20/h5-8,10-11,20H,3,9H2,1H3,(H,18,19,21). The fourth-order valence-electron chi connectivity index (χ4n) is 1.54. The average Bonchev–Trinajstić information content (AvgIpc) is 2.50. The van der Waals surface area contributed by atoms with Crippen molar-refractivity contribution in [1.29, 1.82) is 0 Å². The summed E-state index contributed by atoms with van der Waals surface area (Å²) in [6.07, 6.45) is 3.63. The maximum atomic E-state index is 12.0. The number of nitrogens with one attached hydrogen (secondary N) is 1. The van der Waals surface area contributed by atoms with Crippen LogP contribution in [0.1, 0.15) is 28.0 Å². The summed E-state index contributed by atoms with van der Waals surface area (Å²) in [7, 11) is 0. The minimum absolute atomic E-state index is 0.0322. The summed E-state index contributed by atoms with van der Waals surface area (Å²) in [4.78, 5) is 20.2. The molecule has 5 heteroatoms. The molecule has 0 fully saturated rings. The summed E-state index contributed by atoms with van der Waals surface area (Å²) in [5.74, 6) is 5.81. The van der Waals surface area contributed by atoms with Gasteiger partial charge in [0.25, 0.3) is 5.91 Å². The zero-order chi connectivity index (χ0) is 15.1. The van der Waals surface area contributed by atoms with Gasteiger partial charge in [-0.15, -0.1) is 0 Å². The Balaban J connectivity index is 2.03. The van der Waals surface area contributed by atoms with E-state index in [1.54, 1.807) is 24.4 Å². The highest BCUT2D eigenvalue weighted by atomic mass is 16.2. The molecule has 0 aliphatic carbocycles. The van der Waals surface area contributed by atoms with Gasteiger partial charge >= 0.3 is 0 Å². The first-order valence-corrected chi connectivity index (χ1v) is 6.49.